The van der Waals surface area contributed by atoms with Gasteiger partial charge in [-0.05, 0) is 12.1 Å². The molecule has 0 aliphatic heterocycles. The molecule has 2 aromatic carbocycles. The van der Waals surface area contributed by atoms with E-state index in [0.717, 1.165) is 6.08 Å². The smallest absolute Gasteiger partial charge is 0.187 e. The highest BCUT2D eigenvalue weighted by Gasteiger charge is 2.06. The van der Waals surface area contributed by atoms with Crippen molar-refractivity contribution in [1.29, 1.82) is 0 Å². The van der Waals surface area contributed by atoms with Crippen LogP contribution in [0.1, 0.15) is 10.4 Å². The molecule has 2 rings (SSSR count). The van der Waals surface area contributed by atoms with Gasteiger partial charge in [0.2, 0.25) is 0 Å². The van der Waals surface area contributed by atoms with Gasteiger partial charge in [-0.3, -0.25) is 4.79 Å². The number of nitrogens with one attached hydrogen (secondary N) is 1. The highest BCUT2D eigenvalue weighted by atomic mass is 16.4. The van der Waals surface area contributed by atoms with Crippen molar-refractivity contribution < 1.29 is 14.7 Å². The summed E-state index contributed by atoms with van der Waals surface area (Å²) < 4.78 is 0. The molecule has 0 bridgehead atoms. The first-order valence-corrected chi connectivity index (χ1v) is 6.01. The molecule has 4 heteroatoms. The molecule has 0 saturated carbocycles. The SMILES string of the molecule is O=C([O-])/C(=C\C(=O)c1ccccc1)Nc1ccccc1. The van der Waals surface area contributed by atoms with Crippen LogP contribution in [0.2, 0.25) is 0 Å². The van der Waals surface area contributed by atoms with Crippen molar-refractivity contribution in [2.24, 2.45) is 0 Å². The molecule has 0 radical (unpaired) electrons. The Kier molecular flexibility index (Phi) is 4.29. The summed E-state index contributed by atoms with van der Waals surface area (Å²) in [5.74, 6) is -1.83. The van der Waals surface area contributed by atoms with Crippen LogP contribution in [0.5, 0.6) is 0 Å². The van der Waals surface area contributed by atoms with Gasteiger partial charge in [0.1, 0.15) is 0 Å². The van der Waals surface area contributed by atoms with Gasteiger partial charge in [0.05, 0.1) is 11.7 Å². The molecule has 4 nitrogen and oxygen atoms in total. The molecule has 0 spiro atoms. The third-order valence-corrected chi connectivity index (χ3v) is 2.61. The van der Waals surface area contributed by atoms with Crippen LogP contribution in [-0.2, 0) is 4.79 Å². The largest absolute Gasteiger partial charge is 0.543 e. The second-order valence-electron chi connectivity index (χ2n) is 4.07. The summed E-state index contributed by atoms with van der Waals surface area (Å²) in [6, 6.07) is 17.2. The molecule has 0 aliphatic carbocycles. The Labute approximate surface area is 116 Å². The van der Waals surface area contributed by atoms with E-state index in [4.69, 9.17) is 0 Å². The van der Waals surface area contributed by atoms with Gasteiger partial charge in [-0.2, -0.15) is 0 Å². The van der Waals surface area contributed by atoms with E-state index >= 15 is 0 Å². The lowest BCUT2D eigenvalue weighted by Gasteiger charge is -2.11. The number of ketones is 1. The van der Waals surface area contributed by atoms with E-state index in [9.17, 15) is 14.7 Å². The third kappa shape index (κ3) is 3.55. The Morgan fingerprint density at radius 1 is 0.900 bits per heavy atom. The number of carbonyl (C=O) groups excluding carboxylic acids is 2. The predicted octanol–water partition coefficient (Wildman–Crippen LogP) is 1.62. The van der Waals surface area contributed by atoms with Gasteiger partial charge in [0.25, 0.3) is 0 Å². The van der Waals surface area contributed by atoms with E-state index < -0.39 is 11.8 Å². The van der Waals surface area contributed by atoms with E-state index in [1.807, 2.05) is 6.07 Å². The van der Waals surface area contributed by atoms with Crippen LogP contribution in [0, 0.1) is 0 Å². The van der Waals surface area contributed by atoms with Crippen molar-refractivity contribution in [3.63, 3.8) is 0 Å². The van der Waals surface area contributed by atoms with Gasteiger partial charge in [-0.1, -0.05) is 48.5 Å². The summed E-state index contributed by atoms with van der Waals surface area (Å²) in [5.41, 5.74) is 0.718. The molecular formula is C16H12NO3-. The van der Waals surface area contributed by atoms with Gasteiger partial charge in [-0.25, -0.2) is 0 Å². The molecule has 2 aromatic rings. The fraction of sp³-hybridized carbons (Fsp3) is 0. The summed E-state index contributed by atoms with van der Waals surface area (Å²) in [4.78, 5) is 23.0. The maximum Gasteiger partial charge on any atom is 0.187 e. The van der Waals surface area contributed by atoms with Gasteiger partial charge < -0.3 is 15.2 Å². The lowest BCUT2D eigenvalue weighted by Crippen LogP contribution is -2.29. The van der Waals surface area contributed by atoms with Crippen molar-refractivity contribution >= 4 is 17.4 Å². The summed E-state index contributed by atoms with van der Waals surface area (Å²) in [7, 11) is 0. The van der Waals surface area contributed by atoms with Crippen LogP contribution in [0.4, 0.5) is 5.69 Å². The Hall–Kier alpha value is -2.88. The van der Waals surface area contributed by atoms with Crippen LogP contribution < -0.4 is 10.4 Å². The van der Waals surface area contributed by atoms with Crippen molar-refractivity contribution in [1.82, 2.24) is 0 Å². The van der Waals surface area contributed by atoms with Crippen molar-refractivity contribution in [2.75, 3.05) is 5.32 Å². The quantitative estimate of drug-likeness (QED) is 0.659. The molecule has 100 valence electrons. The first kappa shape index (κ1) is 13.5. The second-order valence-corrected chi connectivity index (χ2v) is 4.07. The van der Waals surface area contributed by atoms with Crippen LogP contribution in [0.25, 0.3) is 0 Å². The number of aliphatic carboxylic acids is 1. The number of carbonyl (C=O) groups is 2. The van der Waals surface area contributed by atoms with Gasteiger partial charge in [0, 0.05) is 17.3 Å². The molecule has 0 amide bonds. The monoisotopic (exact) mass is 266 g/mol. The first-order valence-electron chi connectivity index (χ1n) is 6.01. The van der Waals surface area contributed by atoms with E-state index in [1.54, 1.807) is 54.6 Å². The fourth-order valence-corrected chi connectivity index (χ4v) is 1.64. The van der Waals surface area contributed by atoms with E-state index in [-0.39, 0.29) is 5.70 Å². The number of para-hydroxylation sites is 1. The van der Waals surface area contributed by atoms with Crippen molar-refractivity contribution in [3.8, 4) is 0 Å². The minimum absolute atomic E-state index is 0.273. The highest BCUT2D eigenvalue weighted by molar-refractivity contribution is 6.08. The standard InChI is InChI=1S/C16H13NO3/c18-15(12-7-3-1-4-8-12)11-14(16(19)20)17-13-9-5-2-6-10-13/h1-11,17H,(H,19,20)/p-1/b14-11+. The molecule has 0 heterocycles. The normalized spacial score (nSPS) is 10.9. The summed E-state index contributed by atoms with van der Waals surface area (Å²) in [5, 5.41) is 13.7. The predicted molar refractivity (Wildman–Crippen MR) is 73.9 cm³/mol. The zero-order valence-electron chi connectivity index (χ0n) is 10.6. The van der Waals surface area contributed by atoms with Crippen molar-refractivity contribution in [2.45, 2.75) is 0 Å². The number of rotatable bonds is 5. The average Bonchev–Trinajstić information content (AvgIpc) is 2.48. The number of carboxylic acid groups (broad SMARTS) is 1. The van der Waals surface area contributed by atoms with Gasteiger partial charge >= 0.3 is 0 Å². The summed E-state index contributed by atoms with van der Waals surface area (Å²) in [6.07, 6.45) is 1.03. The topological polar surface area (TPSA) is 69.2 Å². The van der Waals surface area contributed by atoms with E-state index in [2.05, 4.69) is 5.32 Å². The number of benzene rings is 2. The maximum absolute atomic E-state index is 11.9. The number of carboxylic acids is 1. The Balaban J connectivity index is 2.23. The zero-order valence-corrected chi connectivity index (χ0v) is 10.6. The lowest BCUT2D eigenvalue weighted by molar-refractivity contribution is -0.299. The third-order valence-electron chi connectivity index (χ3n) is 2.61. The Bertz CT molecular complexity index is 633. The molecular weight excluding hydrogens is 254 g/mol. The second kappa shape index (κ2) is 6.33. The molecule has 0 fully saturated rings. The van der Waals surface area contributed by atoms with E-state index in [1.165, 1.54) is 0 Å². The molecule has 0 aromatic heterocycles. The molecule has 20 heavy (non-hydrogen) atoms. The van der Waals surface area contributed by atoms with Crippen LogP contribution in [-0.4, -0.2) is 11.8 Å². The first-order chi connectivity index (χ1) is 9.66. The van der Waals surface area contributed by atoms with Crippen molar-refractivity contribution in [3.05, 3.63) is 78.0 Å². The van der Waals surface area contributed by atoms with Gasteiger partial charge in [-0.15, -0.1) is 0 Å². The lowest BCUT2D eigenvalue weighted by atomic mass is 10.1. The maximum atomic E-state index is 11.9. The Morgan fingerprint density at radius 2 is 1.45 bits per heavy atom. The van der Waals surface area contributed by atoms with Crippen LogP contribution in [0.3, 0.4) is 0 Å². The zero-order chi connectivity index (χ0) is 14.4. The number of allylic oxidation sites excluding steroid dienone is 1. The molecule has 0 saturated heterocycles. The van der Waals surface area contributed by atoms with Crippen LogP contribution in [0.15, 0.2) is 72.4 Å². The summed E-state index contributed by atoms with van der Waals surface area (Å²) in [6.45, 7) is 0. The molecule has 0 atom stereocenters. The van der Waals surface area contributed by atoms with Crippen LogP contribution >= 0.6 is 0 Å². The number of anilines is 1. The number of hydrogen-bond acceptors (Lipinski definition) is 4. The van der Waals surface area contributed by atoms with Gasteiger partial charge in [0.15, 0.2) is 5.78 Å². The highest BCUT2D eigenvalue weighted by Crippen LogP contribution is 2.10. The fourth-order valence-electron chi connectivity index (χ4n) is 1.64. The average molecular weight is 266 g/mol. The summed E-state index contributed by atoms with van der Waals surface area (Å²) >= 11 is 0. The van der Waals surface area contributed by atoms with E-state index in [0.29, 0.717) is 11.3 Å². The number of hydrogen-bond donors (Lipinski definition) is 1. The minimum atomic E-state index is -1.43. The molecule has 0 aliphatic rings. The minimum Gasteiger partial charge on any atom is -0.543 e. The Morgan fingerprint density at radius 3 is 2.00 bits per heavy atom. The molecule has 0 unspecified atom stereocenters. The molecule has 1 N–H and O–H groups in total.